The van der Waals surface area contributed by atoms with Crippen LogP contribution >= 0.6 is 0 Å². The van der Waals surface area contributed by atoms with Crippen LogP contribution in [0, 0.1) is 0 Å². The van der Waals surface area contributed by atoms with Crippen LogP contribution in [0.2, 0.25) is 0 Å². The Hall–Kier alpha value is -2.80. The summed E-state index contributed by atoms with van der Waals surface area (Å²) < 4.78 is 1.90. The largest absolute Gasteiger partial charge is 0.308 e. The van der Waals surface area contributed by atoms with Crippen LogP contribution in [-0.2, 0) is 11.3 Å². The Labute approximate surface area is 152 Å². The maximum absolute atomic E-state index is 12.2. The highest BCUT2D eigenvalue weighted by molar-refractivity contribution is 5.93. The smallest absolute Gasteiger partial charge is 0.239 e. The molecule has 7 heteroatoms. The number of likely N-dealkylation sites (tertiary alicyclic amines) is 1. The molecule has 0 radical (unpaired) electrons. The van der Waals surface area contributed by atoms with Gasteiger partial charge in [-0.3, -0.25) is 14.4 Å². The lowest BCUT2D eigenvalue weighted by molar-refractivity contribution is -0.117. The summed E-state index contributed by atoms with van der Waals surface area (Å²) >= 11 is 0. The predicted octanol–water partition coefficient (Wildman–Crippen LogP) is 2.55. The van der Waals surface area contributed by atoms with E-state index in [2.05, 4.69) is 38.5 Å². The SMILES string of the molecule is CCn1cc(-c2ccc3nnc(NC(=O)CN4CCCC4)cc3c2)cn1. The van der Waals surface area contributed by atoms with E-state index in [1.807, 2.05) is 35.3 Å². The lowest BCUT2D eigenvalue weighted by atomic mass is 10.1. The maximum atomic E-state index is 12.2. The second-order valence-electron chi connectivity index (χ2n) is 6.62. The zero-order valence-electron chi connectivity index (χ0n) is 14.9. The topological polar surface area (TPSA) is 75.9 Å². The Balaban J connectivity index is 1.54. The number of hydrogen-bond acceptors (Lipinski definition) is 5. The van der Waals surface area contributed by atoms with Gasteiger partial charge in [-0.1, -0.05) is 6.07 Å². The molecule has 0 spiro atoms. The Morgan fingerprint density at radius 1 is 1.15 bits per heavy atom. The maximum Gasteiger partial charge on any atom is 0.239 e. The summed E-state index contributed by atoms with van der Waals surface area (Å²) in [5, 5.41) is 16.5. The third-order valence-corrected chi connectivity index (χ3v) is 4.71. The van der Waals surface area contributed by atoms with Crippen molar-refractivity contribution in [2.75, 3.05) is 25.0 Å². The monoisotopic (exact) mass is 350 g/mol. The van der Waals surface area contributed by atoms with Crippen molar-refractivity contribution in [1.29, 1.82) is 0 Å². The molecule has 1 amide bonds. The summed E-state index contributed by atoms with van der Waals surface area (Å²) in [6.45, 7) is 5.29. The van der Waals surface area contributed by atoms with Gasteiger partial charge in [-0.25, -0.2) is 0 Å². The first-order valence-corrected chi connectivity index (χ1v) is 9.04. The zero-order valence-corrected chi connectivity index (χ0v) is 14.9. The number of carbonyl (C=O) groups excluding carboxylic acids is 1. The van der Waals surface area contributed by atoms with E-state index in [9.17, 15) is 4.79 Å². The van der Waals surface area contributed by atoms with E-state index in [4.69, 9.17) is 0 Å². The normalized spacial score (nSPS) is 14.8. The first-order valence-electron chi connectivity index (χ1n) is 9.04. The first-order chi connectivity index (χ1) is 12.7. The molecule has 2 aromatic heterocycles. The Kier molecular flexibility index (Phi) is 4.62. The highest BCUT2D eigenvalue weighted by Crippen LogP contribution is 2.24. The van der Waals surface area contributed by atoms with Gasteiger partial charge in [0, 0.05) is 23.7 Å². The Bertz CT molecular complexity index is 929. The molecular formula is C19H22N6O. The number of aromatic nitrogens is 4. The number of amides is 1. The van der Waals surface area contributed by atoms with Crippen LogP contribution in [0.1, 0.15) is 19.8 Å². The van der Waals surface area contributed by atoms with Gasteiger partial charge in [0.25, 0.3) is 0 Å². The minimum absolute atomic E-state index is 0.0408. The fourth-order valence-corrected chi connectivity index (χ4v) is 3.30. The van der Waals surface area contributed by atoms with Crippen molar-refractivity contribution in [2.45, 2.75) is 26.3 Å². The quantitative estimate of drug-likeness (QED) is 0.765. The molecular weight excluding hydrogens is 328 g/mol. The molecule has 1 aromatic carbocycles. The van der Waals surface area contributed by atoms with Crippen molar-refractivity contribution in [1.82, 2.24) is 24.9 Å². The molecule has 0 bridgehead atoms. The van der Waals surface area contributed by atoms with Crippen molar-refractivity contribution in [2.24, 2.45) is 0 Å². The molecule has 0 aliphatic carbocycles. The van der Waals surface area contributed by atoms with Gasteiger partial charge in [0.1, 0.15) is 0 Å². The van der Waals surface area contributed by atoms with E-state index < -0.39 is 0 Å². The minimum atomic E-state index is -0.0408. The van der Waals surface area contributed by atoms with Gasteiger partial charge >= 0.3 is 0 Å². The number of fused-ring (bicyclic) bond motifs is 1. The molecule has 134 valence electrons. The third kappa shape index (κ3) is 3.57. The highest BCUT2D eigenvalue weighted by atomic mass is 16.2. The molecule has 4 rings (SSSR count). The van der Waals surface area contributed by atoms with Crippen LogP contribution < -0.4 is 5.32 Å². The van der Waals surface area contributed by atoms with Crippen LogP contribution in [0.3, 0.4) is 0 Å². The van der Waals surface area contributed by atoms with Crippen molar-refractivity contribution < 1.29 is 4.79 Å². The van der Waals surface area contributed by atoms with E-state index in [-0.39, 0.29) is 5.91 Å². The van der Waals surface area contributed by atoms with Gasteiger partial charge in [0.05, 0.1) is 18.3 Å². The highest BCUT2D eigenvalue weighted by Gasteiger charge is 2.15. The van der Waals surface area contributed by atoms with Gasteiger partial charge < -0.3 is 5.32 Å². The molecule has 1 saturated heterocycles. The summed E-state index contributed by atoms with van der Waals surface area (Å²) in [6, 6.07) is 7.88. The van der Waals surface area contributed by atoms with Crippen LogP contribution in [0.5, 0.6) is 0 Å². The van der Waals surface area contributed by atoms with Gasteiger partial charge in [0.2, 0.25) is 5.91 Å². The van der Waals surface area contributed by atoms with E-state index in [1.165, 1.54) is 12.8 Å². The molecule has 0 saturated carbocycles. The number of anilines is 1. The average Bonchev–Trinajstić information content (AvgIpc) is 3.32. The number of hydrogen-bond donors (Lipinski definition) is 1. The van der Waals surface area contributed by atoms with E-state index in [1.54, 1.807) is 0 Å². The van der Waals surface area contributed by atoms with E-state index in [0.717, 1.165) is 41.7 Å². The minimum Gasteiger partial charge on any atom is -0.308 e. The summed E-state index contributed by atoms with van der Waals surface area (Å²) in [4.78, 5) is 14.4. The fraction of sp³-hybridized carbons (Fsp3) is 0.368. The molecule has 1 N–H and O–H groups in total. The number of nitrogens with one attached hydrogen (secondary N) is 1. The number of rotatable bonds is 5. The number of nitrogens with zero attached hydrogens (tertiary/aromatic N) is 5. The van der Waals surface area contributed by atoms with Gasteiger partial charge in [-0.15, -0.1) is 10.2 Å². The van der Waals surface area contributed by atoms with Gasteiger partial charge in [-0.05, 0) is 56.6 Å². The predicted molar refractivity (Wildman–Crippen MR) is 101 cm³/mol. The second kappa shape index (κ2) is 7.21. The fourth-order valence-electron chi connectivity index (χ4n) is 3.30. The van der Waals surface area contributed by atoms with Crippen molar-refractivity contribution in [3.8, 4) is 11.1 Å². The van der Waals surface area contributed by atoms with Crippen molar-refractivity contribution in [3.05, 3.63) is 36.7 Å². The van der Waals surface area contributed by atoms with E-state index >= 15 is 0 Å². The summed E-state index contributed by atoms with van der Waals surface area (Å²) in [6.07, 6.45) is 6.22. The number of benzene rings is 1. The van der Waals surface area contributed by atoms with Crippen molar-refractivity contribution >= 4 is 22.6 Å². The zero-order chi connectivity index (χ0) is 17.9. The lowest BCUT2D eigenvalue weighted by Crippen LogP contribution is -2.31. The third-order valence-electron chi connectivity index (χ3n) is 4.71. The molecule has 7 nitrogen and oxygen atoms in total. The van der Waals surface area contributed by atoms with Crippen LogP contribution in [0.15, 0.2) is 36.7 Å². The standard InChI is InChI=1S/C19H22N6O/c1-2-25-12-16(11-20-25)14-5-6-17-15(9-14)10-18(23-22-17)21-19(26)13-24-7-3-4-8-24/h5-6,9-12H,2-4,7-8,13H2,1H3,(H,21,23,26). The summed E-state index contributed by atoms with van der Waals surface area (Å²) in [7, 11) is 0. The number of aryl methyl sites for hydroxylation is 1. The summed E-state index contributed by atoms with van der Waals surface area (Å²) in [5.41, 5.74) is 2.93. The van der Waals surface area contributed by atoms with Crippen LogP contribution in [0.25, 0.3) is 22.0 Å². The molecule has 1 fully saturated rings. The molecule has 26 heavy (non-hydrogen) atoms. The van der Waals surface area contributed by atoms with Crippen LogP contribution in [0.4, 0.5) is 5.82 Å². The Morgan fingerprint density at radius 3 is 2.77 bits per heavy atom. The number of carbonyl (C=O) groups is 1. The molecule has 0 atom stereocenters. The molecule has 1 aliphatic rings. The first kappa shape index (κ1) is 16.7. The molecule has 0 unspecified atom stereocenters. The second-order valence-corrected chi connectivity index (χ2v) is 6.62. The Morgan fingerprint density at radius 2 is 2.00 bits per heavy atom. The average molecular weight is 350 g/mol. The summed E-state index contributed by atoms with van der Waals surface area (Å²) in [5.74, 6) is 0.448. The van der Waals surface area contributed by atoms with Crippen LogP contribution in [-0.4, -0.2) is 50.4 Å². The molecule has 3 heterocycles. The van der Waals surface area contributed by atoms with E-state index in [0.29, 0.717) is 12.4 Å². The lowest BCUT2D eigenvalue weighted by Gasteiger charge is -2.13. The van der Waals surface area contributed by atoms with Crippen molar-refractivity contribution in [3.63, 3.8) is 0 Å². The van der Waals surface area contributed by atoms with Gasteiger partial charge in [0.15, 0.2) is 5.82 Å². The van der Waals surface area contributed by atoms with Gasteiger partial charge in [-0.2, -0.15) is 5.10 Å². The molecule has 3 aromatic rings. The molecule has 1 aliphatic heterocycles.